The maximum absolute atomic E-state index is 13.1. The van der Waals surface area contributed by atoms with Gasteiger partial charge in [-0.1, -0.05) is 21.6 Å². The van der Waals surface area contributed by atoms with E-state index < -0.39 is 84.6 Å². The molecule has 5 atom stereocenters. The number of carboxylic acid groups (broad SMARTS) is 1. The Kier molecular flexibility index (Phi) is 14.3. The molecule has 2 heterocycles. The van der Waals surface area contributed by atoms with Crippen molar-refractivity contribution in [2.75, 3.05) is 31.1 Å². The normalized spacial score (nSPS) is 26.7. The maximum atomic E-state index is 13.1. The summed E-state index contributed by atoms with van der Waals surface area (Å²) in [5.74, 6) is -6.15. The van der Waals surface area contributed by atoms with Crippen LogP contribution in [-0.4, -0.2) is 119 Å². The van der Waals surface area contributed by atoms with Crippen LogP contribution in [0.25, 0.3) is 0 Å². The van der Waals surface area contributed by atoms with Gasteiger partial charge in [-0.25, -0.2) is 4.79 Å². The fourth-order valence-corrected chi connectivity index (χ4v) is 6.53. The van der Waals surface area contributed by atoms with Crippen molar-refractivity contribution in [3.8, 4) is 0 Å². The van der Waals surface area contributed by atoms with Crippen molar-refractivity contribution < 1.29 is 38.7 Å². The van der Waals surface area contributed by atoms with E-state index in [2.05, 4.69) is 26.3 Å². The van der Waals surface area contributed by atoms with E-state index in [0.717, 1.165) is 21.6 Å². The summed E-state index contributed by atoms with van der Waals surface area (Å²) >= 11 is 0. The number of nitrogens with one attached hydrogen (secondary N) is 4. The summed E-state index contributed by atoms with van der Waals surface area (Å²) in [7, 11) is 2.19. The number of carboxylic acids is 1. The molecule has 5 unspecified atom stereocenters. The van der Waals surface area contributed by atoms with Crippen LogP contribution < -0.4 is 44.2 Å². The van der Waals surface area contributed by atoms with Crippen molar-refractivity contribution in [3.05, 3.63) is 0 Å². The highest BCUT2D eigenvalue weighted by Gasteiger charge is 2.38. The van der Waals surface area contributed by atoms with Gasteiger partial charge in [-0.2, -0.15) is 0 Å². The van der Waals surface area contributed by atoms with Gasteiger partial charge < -0.3 is 54.2 Å². The average Bonchev–Trinajstić information content (AvgIpc) is 3.43. The number of amides is 6. The highest BCUT2D eigenvalue weighted by atomic mass is 33.1. The van der Waals surface area contributed by atoms with E-state index in [0.29, 0.717) is 12.8 Å². The molecule has 0 aliphatic carbocycles. The van der Waals surface area contributed by atoms with Crippen LogP contribution in [0.3, 0.4) is 0 Å². The van der Waals surface area contributed by atoms with Gasteiger partial charge in [0.1, 0.15) is 24.2 Å². The van der Waals surface area contributed by atoms with Crippen LogP contribution in [0.2, 0.25) is 0 Å². The summed E-state index contributed by atoms with van der Waals surface area (Å²) in [5.41, 5.74) is 22.0. The van der Waals surface area contributed by atoms with E-state index in [1.54, 1.807) is 0 Å². The van der Waals surface area contributed by atoms with Crippen molar-refractivity contribution in [1.82, 2.24) is 26.2 Å². The number of hydrogen-bond acceptors (Lipinski definition) is 11. The molecule has 0 aromatic rings. The van der Waals surface area contributed by atoms with Crippen LogP contribution in [0.5, 0.6) is 0 Å². The first-order chi connectivity index (χ1) is 20.3. The zero-order valence-corrected chi connectivity index (χ0v) is 24.9. The SMILES string of the molecule is NC(=O)CC1NC(=O)C2CCCN2C(=O)C(N)CSSCC(C(=O)O)NC(=O)C(CCCN=C(N)N)NC(=O)CNC1=O. The van der Waals surface area contributed by atoms with Crippen LogP contribution in [-0.2, 0) is 33.6 Å². The Hall–Kier alpha value is -3.78. The molecular formula is C23H38N10O8S2. The van der Waals surface area contributed by atoms with E-state index in [-0.39, 0.29) is 43.4 Å². The molecule has 43 heavy (non-hydrogen) atoms. The van der Waals surface area contributed by atoms with Crippen molar-refractivity contribution in [2.24, 2.45) is 27.9 Å². The zero-order chi connectivity index (χ0) is 32.1. The number of fused-ring (bicyclic) bond motifs is 1. The quantitative estimate of drug-likeness (QED) is 0.0544. The summed E-state index contributed by atoms with van der Waals surface area (Å²) in [4.78, 5) is 93.3. The Morgan fingerprint density at radius 1 is 0.953 bits per heavy atom. The summed E-state index contributed by atoms with van der Waals surface area (Å²) < 4.78 is 0. The van der Waals surface area contributed by atoms with Crippen molar-refractivity contribution in [1.29, 1.82) is 0 Å². The number of carbonyl (C=O) groups is 7. The molecule has 18 nitrogen and oxygen atoms in total. The van der Waals surface area contributed by atoms with Crippen LogP contribution in [0.15, 0.2) is 4.99 Å². The van der Waals surface area contributed by atoms with Crippen LogP contribution in [0.4, 0.5) is 0 Å². The zero-order valence-electron chi connectivity index (χ0n) is 23.3. The van der Waals surface area contributed by atoms with Crippen molar-refractivity contribution in [3.63, 3.8) is 0 Å². The molecule has 20 heteroatoms. The number of carbonyl (C=O) groups excluding carboxylic acids is 6. The van der Waals surface area contributed by atoms with Gasteiger partial charge in [-0.15, -0.1) is 0 Å². The average molecular weight is 647 g/mol. The third-order valence-corrected chi connectivity index (χ3v) is 8.84. The topological polar surface area (TPSA) is 308 Å². The summed E-state index contributed by atoms with van der Waals surface area (Å²) in [6.07, 6.45) is 0.468. The fraction of sp³-hybridized carbons (Fsp3) is 0.652. The van der Waals surface area contributed by atoms with Gasteiger partial charge in [0, 0.05) is 24.6 Å². The van der Waals surface area contributed by atoms with Gasteiger partial charge in [-0.05, 0) is 25.7 Å². The molecule has 0 bridgehead atoms. The summed E-state index contributed by atoms with van der Waals surface area (Å²) in [6.45, 7) is -0.283. The third kappa shape index (κ3) is 11.8. The highest BCUT2D eigenvalue weighted by Crippen LogP contribution is 2.25. The largest absolute Gasteiger partial charge is 0.480 e. The Labute approximate surface area is 255 Å². The Morgan fingerprint density at radius 3 is 2.30 bits per heavy atom. The molecule has 0 aromatic heterocycles. The molecule has 13 N–H and O–H groups in total. The predicted octanol–water partition coefficient (Wildman–Crippen LogP) is -4.72. The Morgan fingerprint density at radius 2 is 1.65 bits per heavy atom. The van der Waals surface area contributed by atoms with Gasteiger partial charge in [0.2, 0.25) is 35.4 Å². The first-order valence-corrected chi connectivity index (χ1v) is 15.8. The third-order valence-electron chi connectivity index (χ3n) is 6.39. The number of aliphatic carboxylic acids is 1. The van der Waals surface area contributed by atoms with Gasteiger partial charge in [0.05, 0.1) is 19.0 Å². The smallest absolute Gasteiger partial charge is 0.327 e. The van der Waals surface area contributed by atoms with Crippen LogP contribution >= 0.6 is 21.6 Å². The molecule has 2 aliphatic rings. The summed E-state index contributed by atoms with van der Waals surface area (Å²) in [6, 6.07) is -5.98. The summed E-state index contributed by atoms with van der Waals surface area (Å²) in [5, 5.41) is 19.2. The number of nitrogens with two attached hydrogens (primary N) is 4. The van der Waals surface area contributed by atoms with Gasteiger partial charge in [-0.3, -0.25) is 33.8 Å². The van der Waals surface area contributed by atoms with E-state index in [1.807, 2.05) is 0 Å². The lowest BCUT2D eigenvalue weighted by Crippen LogP contribution is -2.57. The number of aliphatic imine (C=N–C) groups is 1. The minimum Gasteiger partial charge on any atom is -0.480 e. The van der Waals surface area contributed by atoms with Crippen LogP contribution in [0, 0.1) is 0 Å². The standard InChI is InChI=1S/C23H38N10O8S2/c24-11-9-42-43-10-14(22(40)41)32-19(37)12(3-1-5-28-23(26)27)30-17(35)8-29-18(36)13(7-16(25)34)31-20(38)15-4-2-6-33(15)21(11)39/h11-15H,1-10,24H2,(H2,25,34)(H,29,36)(H,30,35)(H,31,38)(H,32,37)(H,40,41)(H4,26,27,28). The molecule has 0 radical (unpaired) electrons. The lowest BCUT2D eigenvalue weighted by atomic mass is 10.1. The molecule has 2 aliphatic heterocycles. The van der Waals surface area contributed by atoms with E-state index in [4.69, 9.17) is 22.9 Å². The first kappa shape index (κ1) is 35.4. The van der Waals surface area contributed by atoms with Gasteiger partial charge >= 0.3 is 5.97 Å². The molecule has 0 spiro atoms. The Balaban J connectivity index is 2.29. The lowest BCUT2D eigenvalue weighted by Gasteiger charge is -2.28. The molecule has 2 saturated heterocycles. The molecule has 6 amide bonds. The second-order valence-electron chi connectivity index (χ2n) is 9.78. The first-order valence-electron chi connectivity index (χ1n) is 13.3. The molecule has 240 valence electrons. The second-order valence-corrected chi connectivity index (χ2v) is 12.3. The molecule has 0 aromatic carbocycles. The lowest BCUT2D eigenvalue weighted by molar-refractivity contribution is -0.141. The number of guanidine groups is 1. The van der Waals surface area contributed by atoms with E-state index in [9.17, 15) is 38.7 Å². The minimum absolute atomic E-state index is 0.0196. The van der Waals surface area contributed by atoms with E-state index >= 15 is 0 Å². The maximum Gasteiger partial charge on any atom is 0.327 e. The number of nitrogens with zero attached hydrogens (tertiary/aromatic N) is 2. The van der Waals surface area contributed by atoms with Crippen LogP contribution in [0.1, 0.15) is 32.1 Å². The van der Waals surface area contributed by atoms with Crippen molar-refractivity contribution in [2.45, 2.75) is 62.3 Å². The molecule has 2 fully saturated rings. The second kappa shape index (κ2) is 17.4. The van der Waals surface area contributed by atoms with Gasteiger partial charge in [0.15, 0.2) is 5.96 Å². The predicted molar refractivity (Wildman–Crippen MR) is 158 cm³/mol. The number of primary amides is 1. The minimum atomic E-state index is -1.45. The fourth-order valence-electron chi connectivity index (χ4n) is 4.26. The molecule has 0 saturated carbocycles. The van der Waals surface area contributed by atoms with E-state index in [1.165, 1.54) is 4.90 Å². The Bertz CT molecular complexity index is 1110. The van der Waals surface area contributed by atoms with Crippen molar-refractivity contribution >= 4 is 69.0 Å². The highest BCUT2D eigenvalue weighted by molar-refractivity contribution is 8.76. The number of hydrogen-bond donors (Lipinski definition) is 9. The molecular weight excluding hydrogens is 608 g/mol. The number of rotatable bonds is 7. The van der Waals surface area contributed by atoms with Gasteiger partial charge in [0.25, 0.3) is 0 Å². The molecule has 2 rings (SSSR count). The monoisotopic (exact) mass is 646 g/mol.